The van der Waals surface area contributed by atoms with Gasteiger partial charge in [-0.25, -0.2) is 4.98 Å². The molecule has 10 heteroatoms. The molecule has 0 unspecified atom stereocenters. The minimum atomic E-state index is -3.83. The van der Waals surface area contributed by atoms with Crippen LogP contribution < -0.4 is 4.72 Å². The minimum absolute atomic E-state index is 0. The van der Waals surface area contributed by atoms with Gasteiger partial charge in [0.2, 0.25) is 0 Å². The molecule has 1 fully saturated rings. The number of hydrogen-bond donors (Lipinski definition) is 1. The van der Waals surface area contributed by atoms with E-state index in [0.717, 1.165) is 25.4 Å². The van der Waals surface area contributed by atoms with Crippen molar-refractivity contribution in [3.63, 3.8) is 0 Å². The Morgan fingerprint density at radius 3 is 2.89 bits per heavy atom. The smallest absolute Gasteiger partial charge is 0.281 e. The second kappa shape index (κ2) is 7.50. The minimum Gasteiger partial charge on any atom is -0.298 e. The fraction of sp³-hybridized carbons (Fsp3) is 0.389. The number of imidazole rings is 1. The van der Waals surface area contributed by atoms with Gasteiger partial charge in [0.15, 0.2) is 15.1 Å². The molecule has 5 rings (SSSR count). The van der Waals surface area contributed by atoms with Crippen LogP contribution in [-0.2, 0) is 23.0 Å². The van der Waals surface area contributed by atoms with Crippen LogP contribution in [0.25, 0.3) is 4.96 Å². The van der Waals surface area contributed by atoms with Crippen molar-refractivity contribution in [3.8, 4) is 0 Å². The summed E-state index contributed by atoms with van der Waals surface area (Å²) < 4.78 is 29.9. The Hall–Kier alpha value is -1.32. The van der Waals surface area contributed by atoms with Crippen molar-refractivity contribution in [3.05, 3.63) is 46.1 Å². The zero-order valence-electron chi connectivity index (χ0n) is 15.0. The molecule has 1 N–H and O–H groups in total. The average Bonchev–Trinajstić information content (AvgIpc) is 3.22. The first-order valence-electron chi connectivity index (χ1n) is 8.97. The van der Waals surface area contributed by atoms with Gasteiger partial charge in [-0.2, -0.15) is 8.42 Å². The number of aromatic nitrogens is 2. The molecule has 28 heavy (non-hydrogen) atoms. The van der Waals surface area contributed by atoms with E-state index in [1.54, 1.807) is 11.6 Å². The van der Waals surface area contributed by atoms with E-state index >= 15 is 0 Å². The number of rotatable bonds is 5. The zero-order valence-corrected chi connectivity index (χ0v) is 18.2. The third-order valence-electron chi connectivity index (χ3n) is 5.20. The summed E-state index contributed by atoms with van der Waals surface area (Å²) in [6.07, 6.45) is 5.33. The number of thiazole rings is 1. The number of halogens is 2. The van der Waals surface area contributed by atoms with E-state index < -0.39 is 10.0 Å². The molecule has 1 aliphatic heterocycles. The van der Waals surface area contributed by atoms with E-state index in [9.17, 15) is 8.42 Å². The highest BCUT2D eigenvalue weighted by Gasteiger charge is 2.28. The number of sulfonamides is 1. The van der Waals surface area contributed by atoms with Gasteiger partial charge in [-0.1, -0.05) is 17.7 Å². The van der Waals surface area contributed by atoms with E-state index in [2.05, 4.69) is 14.6 Å². The molecular formula is C18H20Cl2N4O2S2. The SMILES string of the molecule is Cl.O=S(=O)(Nc1ccc2c(c1)CCN(CC1CC1)C2)c1c(Cl)nc2sccn12. The van der Waals surface area contributed by atoms with Crippen molar-refractivity contribution in [2.24, 2.45) is 5.92 Å². The highest BCUT2D eigenvalue weighted by atomic mass is 35.5. The molecular weight excluding hydrogens is 439 g/mol. The van der Waals surface area contributed by atoms with Gasteiger partial charge in [-0.3, -0.25) is 14.0 Å². The van der Waals surface area contributed by atoms with Crippen LogP contribution in [0, 0.1) is 5.92 Å². The molecule has 2 aromatic heterocycles. The van der Waals surface area contributed by atoms with E-state index in [-0.39, 0.29) is 22.6 Å². The molecule has 0 spiro atoms. The van der Waals surface area contributed by atoms with Crippen LogP contribution in [0.4, 0.5) is 5.69 Å². The van der Waals surface area contributed by atoms with Crippen molar-refractivity contribution in [1.29, 1.82) is 0 Å². The fourth-order valence-corrected chi connectivity index (χ4v) is 6.18. The van der Waals surface area contributed by atoms with Crippen molar-refractivity contribution >= 4 is 56.0 Å². The fourth-order valence-electron chi connectivity index (χ4n) is 3.68. The Bertz CT molecular complexity index is 1120. The summed E-state index contributed by atoms with van der Waals surface area (Å²) in [5.41, 5.74) is 3.06. The topological polar surface area (TPSA) is 66.7 Å². The Labute approximate surface area is 179 Å². The van der Waals surface area contributed by atoms with Crippen LogP contribution in [0.2, 0.25) is 5.15 Å². The third-order valence-corrected chi connectivity index (χ3v) is 7.73. The molecule has 2 aliphatic rings. The molecule has 0 amide bonds. The van der Waals surface area contributed by atoms with Crippen LogP contribution >= 0.6 is 35.3 Å². The number of fused-ring (bicyclic) bond motifs is 2. The van der Waals surface area contributed by atoms with Crippen molar-refractivity contribution in [2.45, 2.75) is 30.8 Å². The van der Waals surface area contributed by atoms with Crippen LogP contribution in [0.3, 0.4) is 0 Å². The molecule has 1 aromatic carbocycles. The molecule has 1 aliphatic carbocycles. The standard InChI is InChI=1S/C18H19ClN4O2S2.ClH/c19-16-17(23-7-8-26-18(23)20-16)27(24,25)21-15-4-3-14-11-22(10-12-1-2-12)6-5-13(14)9-15;/h3-4,7-9,12,21H,1-2,5-6,10-11H2;1H. The lowest BCUT2D eigenvalue weighted by Gasteiger charge is -2.29. The number of nitrogens with zero attached hydrogens (tertiary/aromatic N) is 3. The summed E-state index contributed by atoms with van der Waals surface area (Å²) >= 11 is 7.43. The molecule has 6 nitrogen and oxygen atoms in total. The second-order valence-electron chi connectivity index (χ2n) is 7.28. The van der Waals surface area contributed by atoms with Crippen LogP contribution in [0.5, 0.6) is 0 Å². The van der Waals surface area contributed by atoms with Gasteiger partial charge in [0, 0.05) is 36.9 Å². The van der Waals surface area contributed by atoms with E-state index in [0.29, 0.717) is 10.6 Å². The molecule has 0 radical (unpaired) electrons. The zero-order chi connectivity index (χ0) is 18.6. The maximum Gasteiger partial charge on any atom is 0.281 e. The maximum atomic E-state index is 12.9. The first-order valence-corrected chi connectivity index (χ1v) is 11.7. The summed E-state index contributed by atoms with van der Waals surface area (Å²) in [6.45, 7) is 3.16. The Balaban J connectivity index is 0.00000192. The number of hydrogen-bond acceptors (Lipinski definition) is 5. The van der Waals surface area contributed by atoms with E-state index in [1.165, 1.54) is 46.3 Å². The predicted octanol–water partition coefficient (Wildman–Crippen LogP) is 4.04. The maximum absolute atomic E-state index is 12.9. The Morgan fingerprint density at radius 2 is 2.11 bits per heavy atom. The van der Waals surface area contributed by atoms with Crippen LogP contribution in [0.15, 0.2) is 34.8 Å². The first kappa shape index (κ1) is 20.0. The third kappa shape index (κ3) is 3.76. The summed E-state index contributed by atoms with van der Waals surface area (Å²) in [5, 5.41) is 1.75. The van der Waals surface area contributed by atoms with Gasteiger partial charge in [0.25, 0.3) is 10.0 Å². The molecule has 0 atom stereocenters. The second-order valence-corrected chi connectivity index (χ2v) is 10.1. The summed E-state index contributed by atoms with van der Waals surface area (Å²) in [6, 6.07) is 5.81. The van der Waals surface area contributed by atoms with Crippen LogP contribution in [-0.4, -0.2) is 35.8 Å². The average molecular weight is 459 g/mol. The first-order chi connectivity index (χ1) is 13.0. The molecule has 1 saturated carbocycles. The summed E-state index contributed by atoms with van der Waals surface area (Å²) in [4.78, 5) is 7.17. The number of anilines is 1. The molecule has 3 aromatic rings. The number of nitrogens with one attached hydrogen (secondary N) is 1. The molecule has 3 heterocycles. The van der Waals surface area contributed by atoms with Crippen molar-refractivity contribution in [1.82, 2.24) is 14.3 Å². The van der Waals surface area contributed by atoms with Gasteiger partial charge in [-0.05, 0) is 48.4 Å². The van der Waals surface area contributed by atoms with Crippen molar-refractivity contribution < 1.29 is 8.42 Å². The Kier molecular flexibility index (Phi) is 5.35. The van der Waals surface area contributed by atoms with Gasteiger partial charge in [-0.15, -0.1) is 23.7 Å². The lowest BCUT2D eigenvalue weighted by atomic mass is 9.99. The highest BCUT2D eigenvalue weighted by molar-refractivity contribution is 7.92. The highest BCUT2D eigenvalue weighted by Crippen LogP contribution is 2.32. The largest absolute Gasteiger partial charge is 0.298 e. The molecule has 0 bridgehead atoms. The monoisotopic (exact) mass is 458 g/mol. The van der Waals surface area contributed by atoms with Gasteiger partial charge < -0.3 is 0 Å². The van der Waals surface area contributed by atoms with Gasteiger partial charge in [0.1, 0.15) is 0 Å². The van der Waals surface area contributed by atoms with Gasteiger partial charge >= 0.3 is 0 Å². The molecule has 150 valence electrons. The molecule has 0 saturated heterocycles. The van der Waals surface area contributed by atoms with E-state index in [1.807, 2.05) is 18.2 Å². The van der Waals surface area contributed by atoms with E-state index in [4.69, 9.17) is 11.6 Å². The van der Waals surface area contributed by atoms with Crippen LogP contribution in [0.1, 0.15) is 24.0 Å². The lowest BCUT2D eigenvalue weighted by Crippen LogP contribution is -2.32. The normalized spacial score (nSPS) is 17.3. The predicted molar refractivity (Wildman–Crippen MR) is 114 cm³/mol. The van der Waals surface area contributed by atoms with Crippen molar-refractivity contribution in [2.75, 3.05) is 17.8 Å². The summed E-state index contributed by atoms with van der Waals surface area (Å²) in [5.74, 6) is 0.881. The van der Waals surface area contributed by atoms with Gasteiger partial charge in [0.05, 0.1) is 0 Å². The Morgan fingerprint density at radius 1 is 1.29 bits per heavy atom. The number of benzene rings is 1. The lowest BCUT2D eigenvalue weighted by molar-refractivity contribution is 0.244. The quantitative estimate of drug-likeness (QED) is 0.626. The summed E-state index contributed by atoms with van der Waals surface area (Å²) in [7, 11) is -3.83.